The fourth-order valence-corrected chi connectivity index (χ4v) is 2.92. The number of halogens is 2. The third kappa shape index (κ3) is 4.25. The lowest BCUT2D eigenvalue weighted by Crippen LogP contribution is -2.84. The van der Waals surface area contributed by atoms with E-state index in [2.05, 4.69) is 5.32 Å². The monoisotopic (exact) mass is 304 g/mol. The molecule has 1 saturated heterocycles. The van der Waals surface area contributed by atoms with Gasteiger partial charge in [0, 0.05) is 11.6 Å². The summed E-state index contributed by atoms with van der Waals surface area (Å²) in [5.74, 6) is 0.747. The fourth-order valence-electron chi connectivity index (χ4n) is 2.33. The molecule has 0 amide bonds. The van der Waals surface area contributed by atoms with Crippen molar-refractivity contribution in [1.29, 1.82) is 0 Å². The van der Waals surface area contributed by atoms with Crippen LogP contribution in [0.5, 0.6) is 5.75 Å². The Morgan fingerprint density at radius 3 is 2.95 bits per heavy atom. The number of benzene rings is 1. The molecule has 1 heterocycles. The van der Waals surface area contributed by atoms with Crippen LogP contribution in [0.25, 0.3) is 0 Å². The molecule has 0 spiro atoms. The quantitative estimate of drug-likeness (QED) is 0.877. The van der Waals surface area contributed by atoms with E-state index in [4.69, 9.17) is 32.7 Å². The molecule has 0 bridgehead atoms. The van der Waals surface area contributed by atoms with Crippen molar-refractivity contribution in [2.75, 3.05) is 19.8 Å². The summed E-state index contributed by atoms with van der Waals surface area (Å²) >= 11 is 12.2. The average Bonchev–Trinajstić information content (AvgIpc) is 2.86. The summed E-state index contributed by atoms with van der Waals surface area (Å²) in [5, 5.41) is 3.45. The minimum absolute atomic E-state index is 0.380. The molecule has 1 aromatic rings. The van der Waals surface area contributed by atoms with Gasteiger partial charge in [-0.25, -0.2) is 0 Å². The molecule has 2 N–H and O–H groups in total. The van der Waals surface area contributed by atoms with Gasteiger partial charge in [0.2, 0.25) is 0 Å². The minimum atomic E-state index is 0.380. The SMILES string of the molecule is CCOc1c(Cl)cc(Cl)cc1C[NH2+]C[C@H]1CCCO1. The van der Waals surface area contributed by atoms with Crippen LogP contribution in [0, 0.1) is 0 Å². The summed E-state index contributed by atoms with van der Waals surface area (Å²) in [7, 11) is 0. The molecule has 0 unspecified atom stereocenters. The van der Waals surface area contributed by atoms with Crippen LogP contribution in [0.3, 0.4) is 0 Å². The summed E-state index contributed by atoms with van der Waals surface area (Å²) in [5.41, 5.74) is 1.04. The molecule has 1 fully saturated rings. The van der Waals surface area contributed by atoms with Crippen LogP contribution in [0.4, 0.5) is 0 Å². The average molecular weight is 305 g/mol. The zero-order valence-corrected chi connectivity index (χ0v) is 12.6. The molecular weight excluding hydrogens is 285 g/mol. The minimum Gasteiger partial charge on any atom is -0.492 e. The number of quaternary nitrogens is 1. The molecule has 106 valence electrons. The highest BCUT2D eigenvalue weighted by molar-refractivity contribution is 6.35. The molecular formula is C14H20Cl2NO2+. The van der Waals surface area contributed by atoms with Gasteiger partial charge in [-0.15, -0.1) is 0 Å². The van der Waals surface area contributed by atoms with Gasteiger partial charge < -0.3 is 14.8 Å². The van der Waals surface area contributed by atoms with E-state index in [1.165, 1.54) is 6.42 Å². The topological polar surface area (TPSA) is 35.1 Å². The summed E-state index contributed by atoms with van der Waals surface area (Å²) in [6, 6.07) is 3.64. The molecule has 1 aliphatic heterocycles. The lowest BCUT2D eigenvalue weighted by Gasteiger charge is -2.13. The Labute approximate surface area is 124 Å². The van der Waals surface area contributed by atoms with E-state index in [0.717, 1.165) is 37.4 Å². The first-order valence-corrected chi connectivity index (χ1v) is 7.50. The van der Waals surface area contributed by atoms with E-state index < -0.39 is 0 Å². The summed E-state index contributed by atoms with van der Waals surface area (Å²) in [6.07, 6.45) is 2.71. The van der Waals surface area contributed by atoms with Crippen molar-refractivity contribution in [3.63, 3.8) is 0 Å². The largest absolute Gasteiger partial charge is 0.492 e. The fraction of sp³-hybridized carbons (Fsp3) is 0.571. The van der Waals surface area contributed by atoms with Gasteiger partial charge in [-0.05, 0) is 31.9 Å². The standard InChI is InChI=1S/C14H19Cl2NO2/c1-2-18-14-10(6-11(15)7-13(14)16)8-17-9-12-4-3-5-19-12/h6-7,12,17H,2-5,8-9H2,1H3/p+1/t12-/m1/s1. The van der Waals surface area contributed by atoms with E-state index in [0.29, 0.717) is 22.8 Å². The molecule has 5 heteroatoms. The number of hydrogen-bond donors (Lipinski definition) is 1. The van der Waals surface area contributed by atoms with Crippen LogP contribution in [-0.2, 0) is 11.3 Å². The predicted molar refractivity (Wildman–Crippen MR) is 77.1 cm³/mol. The number of nitrogens with two attached hydrogens (primary N) is 1. The maximum absolute atomic E-state index is 6.17. The van der Waals surface area contributed by atoms with E-state index in [1.54, 1.807) is 6.07 Å². The Bertz CT molecular complexity index is 420. The first kappa shape index (κ1) is 14.9. The van der Waals surface area contributed by atoms with Crippen molar-refractivity contribution in [3.8, 4) is 5.75 Å². The molecule has 0 aliphatic carbocycles. The molecule has 1 atom stereocenters. The van der Waals surface area contributed by atoms with Gasteiger partial charge in [-0.3, -0.25) is 0 Å². The van der Waals surface area contributed by atoms with E-state index in [9.17, 15) is 0 Å². The van der Waals surface area contributed by atoms with Crippen molar-refractivity contribution >= 4 is 23.2 Å². The maximum atomic E-state index is 6.17. The van der Waals surface area contributed by atoms with Gasteiger partial charge in [0.15, 0.2) is 0 Å². The maximum Gasteiger partial charge on any atom is 0.146 e. The van der Waals surface area contributed by atoms with Gasteiger partial charge >= 0.3 is 0 Å². The lowest BCUT2D eigenvalue weighted by molar-refractivity contribution is -0.676. The van der Waals surface area contributed by atoms with Gasteiger partial charge in [0.1, 0.15) is 24.9 Å². The van der Waals surface area contributed by atoms with E-state index >= 15 is 0 Å². The van der Waals surface area contributed by atoms with Crippen LogP contribution >= 0.6 is 23.2 Å². The van der Waals surface area contributed by atoms with Crippen LogP contribution in [0.1, 0.15) is 25.3 Å². The predicted octanol–water partition coefficient (Wildman–Crippen LogP) is 2.63. The highest BCUT2D eigenvalue weighted by Crippen LogP contribution is 2.32. The van der Waals surface area contributed by atoms with Crippen LogP contribution in [0.15, 0.2) is 12.1 Å². The molecule has 3 nitrogen and oxygen atoms in total. The van der Waals surface area contributed by atoms with Gasteiger partial charge in [-0.2, -0.15) is 0 Å². The first-order chi connectivity index (χ1) is 9.20. The highest BCUT2D eigenvalue weighted by Gasteiger charge is 2.18. The van der Waals surface area contributed by atoms with E-state index in [-0.39, 0.29) is 0 Å². The molecule has 1 aromatic carbocycles. The Morgan fingerprint density at radius 2 is 2.26 bits per heavy atom. The summed E-state index contributed by atoms with van der Waals surface area (Å²) in [6.45, 7) is 5.21. The zero-order valence-electron chi connectivity index (χ0n) is 11.1. The molecule has 0 saturated carbocycles. The summed E-state index contributed by atoms with van der Waals surface area (Å²) < 4.78 is 11.2. The molecule has 0 aromatic heterocycles. The first-order valence-electron chi connectivity index (χ1n) is 6.74. The Balaban J connectivity index is 1.97. The Kier molecular flexibility index (Phi) is 5.76. The van der Waals surface area contributed by atoms with Gasteiger partial charge in [0.25, 0.3) is 0 Å². The Hall–Kier alpha value is -0.480. The Morgan fingerprint density at radius 1 is 1.42 bits per heavy atom. The highest BCUT2D eigenvalue weighted by atomic mass is 35.5. The van der Waals surface area contributed by atoms with Crippen LogP contribution in [0.2, 0.25) is 10.0 Å². The number of rotatable bonds is 6. The second kappa shape index (κ2) is 7.34. The van der Waals surface area contributed by atoms with Gasteiger partial charge in [0.05, 0.1) is 17.2 Å². The smallest absolute Gasteiger partial charge is 0.146 e. The van der Waals surface area contributed by atoms with Crippen molar-refractivity contribution in [1.82, 2.24) is 0 Å². The lowest BCUT2D eigenvalue weighted by atomic mass is 10.2. The van der Waals surface area contributed by atoms with Crippen molar-refractivity contribution in [2.24, 2.45) is 0 Å². The van der Waals surface area contributed by atoms with Crippen LogP contribution < -0.4 is 10.1 Å². The third-order valence-corrected chi connectivity index (χ3v) is 3.69. The van der Waals surface area contributed by atoms with Crippen molar-refractivity contribution in [3.05, 3.63) is 27.7 Å². The van der Waals surface area contributed by atoms with Gasteiger partial charge in [-0.1, -0.05) is 23.2 Å². The molecule has 2 rings (SSSR count). The molecule has 1 aliphatic rings. The molecule has 19 heavy (non-hydrogen) atoms. The van der Waals surface area contributed by atoms with Crippen LogP contribution in [-0.4, -0.2) is 25.9 Å². The van der Waals surface area contributed by atoms with E-state index in [1.807, 2.05) is 13.0 Å². The normalized spacial score (nSPS) is 18.8. The van der Waals surface area contributed by atoms with Crippen molar-refractivity contribution in [2.45, 2.75) is 32.4 Å². The second-order valence-corrected chi connectivity index (χ2v) is 5.52. The second-order valence-electron chi connectivity index (χ2n) is 4.67. The number of hydrogen-bond acceptors (Lipinski definition) is 2. The molecule has 0 radical (unpaired) electrons. The third-order valence-electron chi connectivity index (χ3n) is 3.19. The van der Waals surface area contributed by atoms with Crippen molar-refractivity contribution < 1.29 is 14.8 Å². The number of ether oxygens (including phenoxy) is 2. The summed E-state index contributed by atoms with van der Waals surface area (Å²) in [4.78, 5) is 0. The zero-order chi connectivity index (χ0) is 13.7.